The molecule has 1 aromatic carbocycles. The van der Waals surface area contributed by atoms with Crippen molar-refractivity contribution in [2.75, 3.05) is 11.5 Å². The van der Waals surface area contributed by atoms with Gasteiger partial charge in [0.15, 0.2) is 0 Å². The van der Waals surface area contributed by atoms with E-state index in [0.717, 1.165) is 42.3 Å². The van der Waals surface area contributed by atoms with E-state index in [0.29, 0.717) is 22.5 Å². The molecule has 1 aliphatic rings. The summed E-state index contributed by atoms with van der Waals surface area (Å²) < 4.78 is 16.5. The Morgan fingerprint density at radius 2 is 1.97 bits per heavy atom. The second-order valence-corrected chi connectivity index (χ2v) is 7.53. The van der Waals surface area contributed by atoms with Crippen LogP contribution in [0.1, 0.15) is 30.9 Å². The predicted molar refractivity (Wildman–Crippen MR) is 113 cm³/mol. The maximum atomic E-state index is 14.4. The second kappa shape index (κ2) is 6.84. The van der Waals surface area contributed by atoms with Crippen molar-refractivity contribution < 1.29 is 4.39 Å². The first-order valence-corrected chi connectivity index (χ1v) is 9.70. The molecule has 0 fully saturated rings. The molecule has 4 aromatic rings. The molecule has 1 unspecified atom stereocenters. The van der Waals surface area contributed by atoms with Crippen molar-refractivity contribution in [3.8, 4) is 0 Å². The van der Waals surface area contributed by atoms with Crippen molar-refractivity contribution in [3.05, 3.63) is 65.9 Å². The molecule has 5 rings (SSSR count). The van der Waals surface area contributed by atoms with E-state index in [1.54, 1.807) is 18.2 Å². The molecule has 6 nitrogen and oxygen atoms in total. The number of allylic oxidation sites excluding steroid dienone is 2. The molecule has 0 saturated heterocycles. The van der Waals surface area contributed by atoms with Gasteiger partial charge in [-0.3, -0.25) is 0 Å². The van der Waals surface area contributed by atoms with Crippen LogP contribution in [0.4, 0.5) is 16.0 Å². The van der Waals surface area contributed by atoms with Crippen molar-refractivity contribution >= 4 is 33.6 Å². The van der Waals surface area contributed by atoms with Crippen molar-refractivity contribution in [2.45, 2.75) is 31.7 Å². The van der Waals surface area contributed by atoms with Gasteiger partial charge in [0.05, 0.1) is 16.9 Å². The van der Waals surface area contributed by atoms with Crippen LogP contribution in [0.3, 0.4) is 0 Å². The van der Waals surface area contributed by atoms with Crippen LogP contribution in [0, 0.1) is 5.82 Å². The molecule has 3 heterocycles. The predicted octanol–water partition coefficient (Wildman–Crippen LogP) is 4.18. The summed E-state index contributed by atoms with van der Waals surface area (Å²) in [4.78, 5) is 12.7. The third kappa shape index (κ3) is 3.18. The number of hydrogen-bond acceptors (Lipinski definition) is 5. The summed E-state index contributed by atoms with van der Waals surface area (Å²) in [6.45, 7) is 0. The van der Waals surface area contributed by atoms with Crippen molar-refractivity contribution in [2.24, 2.45) is 0 Å². The minimum Gasteiger partial charge on any atom is -0.384 e. The highest BCUT2D eigenvalue weighted by molar-refractivity contribution is 5.86. The van der Waals surface area contributed by atoms with Gasteiger partial charge in [-0.05, 0) is 61.6 Å². The zero-order valence-electron chi connectivity index (χ0n) is 15.8. The minimum atomic E-state index is -0.251. The van der Waals surface area contributed by atoms with Gasteiger partial charge in [-0.25, -0.2) is 19.3 Å². The van der Waals surface area contributed by atoms with E-state index in [1.807, 2.05) is 18.3 Å². The van der Waals surface area contributed by atoms with Crippen LogP contribution in [-0.4, -0.2) is 19.5 Å². The average Bonchev–Trinajstić information content (AvgIpc) is 3.33. The summed E-state index contributed by atoms with van der Waals surface area (Å²) in [5.41, 5.74) is 15.5. The van der Waals surface area contributed by atoms with Gasteiger partial charge >= 0.3 is 0 Å². The topological polar surface area (TPSA) is 95.6 Å². The van der Waals surface area contributed by atoms with Crippen LogP contribution < -0.4 is 11.5 Å². The van der Waals surface area contributed by atoms with Gasteiger partial charge in [-0.1, -0.05) is 11.6 Å². The monoisotopic (exact) mass is 388 g/mol. The Morgan fingerprint density at radius 3 is 2.86 bits per heavy atom. The third-order valence-corrected chi connectivity index (χ3v) is 5.66. The summed E-state index contributed by atoms with van der Waals surface area (Å²) in [5.74, 6) is 0.654. The fourth-order valence-electron chi connectivity index (χ4n) is 4.17. The van der Waals surface area contributed by atoms with Crippen LogP contribution in [0.5, 0.6) is 0 Å². The molecular weight excluding hydrogens is 367 g/mol. The van der Waals surface area contributed by atoms with E-state index >= 15 is 0 Å². The number of hydrogen-bond donors (Lipinski definition) is 2. The van der Waals surface area contributed by atoms with E-state index in [-0.39, 0.29) is 11.9 Å². The van der Waals surface area contributed by atoms with Gasteiger partial charge in [0.1, 0.15) is 29.4 Å². The summed E-state index contributed by atoms with van der Waals surface area (Å²) in [7, 11) is 0. The summed E-state index contributed by atoms with van der Waals surface area (Å²) >= 11 is 0. The van der Waals surface area contributed by atoms with Gasteiger partial charge in [0.25, 0.3) is 0 Å². The van der Waals surface area contributed by atoms with E-state index in [9.17, 15) is 4.39 Å². The Hall–Kier alpha value is -3.48. The molecule has 3 aromatic heterocycles. The van der Waals surface area contributed by atoms with Crippen LogP contribution in [0.15, 0.2) is 54.5 Å². The first kappa shape index (κ1) is 17.6. The number of nitrogens with zero attached hydrogens (tertiary/aromatic N) is 4. The Balaban J connectivity index is 1.35. The molecule has 0 aliphatic heterocycles. The Kier molecular flexibility index (Phi) is 4.16. The van der Waals surface area contributed by atoms with Crippen molar-refractivity contribution in [1.82, 2.24) is 19.5 Å². The van der Waals surface area contributed by atoms with Crippen LogP contribution in [-0.2, 0) is 6.42 Å². The van der Waals surface area contributed by atoms with E-state index < -0.39 is 0 Å². The number of aryl methyl sites for hydroxylation is 1. The third-order valence-electron chi connectivity index (χ3n) is 5.66. The van der Waals surface area contributed by atoms with Crippen molar-refractivity contribution in [1.29, 1.82) is 0 Å². The lowest BCUT2D eigenvalue weighted by molar-refractivity contribution is 0.603. The normalized spacial score (nSPS) is 16.6. The number of nitrogens with two attached hydrogens (primary N) is 2. The number of fused-ring (bicyclic) bond motifs is 2. The zero-order valence-corrected chi connectivity index (χ0v) is 15.8. The van der Waals surface area contributed by atoms with Crippen molar-refractivity contribution in [3.63, 3.8) is 0 Å². The van der Waals surface area contributed by atoms with Crippen LogP contribution >= 0.6 is 0 Å². The molecule has 29 heavy (non-hydrogen) atoms. The molecule has 1 atom stereocenters. The smallest absolute Gasteiger partial charge is 0.146 e. The molecule has 4 N–H and O–H groups in total. The van der Waals surface area contributed by atoms with Gasteiger partial charge in [-0.15, -0.1) is 0 Å². The lowest BCUT2D eigenvalue weighted by atomic mass is 10.0. The largest absolute Gasteiger partial charge is 0.384 e. The minimum absolute atomic E-state index is 0.251. The summed E-state index contributed by atoms with van der Waals surface area (Å²) in [5, 5.41) is 1.39. The Bertz CT molecular complexity index is 1260. The lowest BCUT2D eigenvalue weighted by Crippen LogP contribution is -2.03. The fraction of sp³-hybridized carbons (Fsp3) is 0.227. The van der Waals surface area contributed by atoms with Gasteiger partial charge < -0.3 is 16.0 Å². The molecule has 0 spiro atoms. The standard InChI is InChI=1S/C22H21FN6/c23-18-10-14(11-19-16(18)5-6-20(24)28-19)2-1-13-3-4-15(9-13)29-8-7-17-21(25)26-12-27-22(17)29/h5-12,15H,1-4H2,(H2,24,28)(H2,25,26,27). The first-order valence-electron chi connectivity index (χ1n) is 9.70. The average molecular weight is 388 g/mol. The summed E-state index contributed by atoms with van der Waals surface area (Å²) in [6, 6.07) is 9.06. The molecule has 0 saturated carbocycles. The molecule has 7 heteroatoms. The highest BCUT2D eigenvalue weighted by Gasteiger charge is 2.20. The van der Waals surface area contributed by atoms with E-state index in [2.05, 4.69) is 25.6 Å². The van der Waals surface area contributed by atoms with Gasteiger partial charge in [0.2, 0.25) is 0 Å². The van der Waals surface area contributed by atoms with Crippen LogP contribution in [0.25, 0.3) is 21.9 Å². The molecule has 1 aliphatic carbocycles. The molecule has 0 bridgehead atoms. The molecular formula is C22H21FN6. The number of aromatic nitrogens is 4. The number of nitrogen functional groups attached to an aromatic ring is 2. The Morgan fingerprint density at radius 1 is 1.07 bits per heavy atom. The number of pyridine rings is 1. The van der Waals surface area contributed by atoms with Gasteiger partial charge in [-0.2, -0.15) is 0 Å². The first-order chi connectivity index (χ1) is 14.1. The fourth-order valence-corrected chi connectivity index (χ4v) is 4.17. The maximum Gasteiger partial charge on any atom is 0.146 e. The quantitative estimate of drug-likeness (QED) is 0.511. The highest BCUT2D eigenvalue weighted by atomic mass is 19.1. The number of halogens is 1. The SMILES string of the molecule is Nc1ccc2c(F)cc(CCC3=CC(n4ccc5c(N)ncnc54)CC3)cc2n1. The molecule has 0 amide bonds. The number of anilines is 2. The molecule has 0 radical (unpaired) electrons. The Labute approximate surface area is 167 Å². The van der Waals surface area contributed by atoms with E-state index in [4.69, 9.17) is 11.5 Å². The number of rotatable bonds is 4. The highest BCUT2D eigenvalue weighted by Crippen LogP contribution is 2.34. The zero-order chi connectivity index (χ0) is 20.0. The van der Waals surface area contributed by atoms with Crippen LogP contribution in [0.2, 0.25) is 0 Å². The van der Waals surface area contributed by atoms with Gasteiger partial charge in [0, 0.05) is 11.6 Å². The maximum absolute atomic E-state index is 14.4. The molecule has 146 valence electrons. The second-order valence-electron chi connectivity index (χ2n) is 7.53. The summed E-state index contributed by atoms with van der Waals surface area (Å²) in [6.07, 6.45) is 9.52. The lowest BCUT2D eigenvalue weighted by Gasteiger charge is -2.10. The van der Waals surface area contributed by atoms with E-state index in [1.165, 1.54) is 11.9 Å². The number of benzene rings is 1.